The van der Waals surface area contributed by atoms with E-state index in [2.05, 4.69) is 15.3 Å². The Bertz CT molecular complexity index is 450. The summed E-state index contributed by atoms with van der Waals surface area (Å²) in [6.07, 6.45) is 5.34. The summed E-state index contributed by atoms with van der Waals surface area (Å²) < 4.78 is 4.64. The zero-order valence-electron chi connectivity index (χ0n) is 8.23. The number of fused-ring (bicyclic) bond motifs is 1. The summed E-state index contributed by atoms with van der Waals surface area (Å²) in [6.45, 7) is 0. The van der Waals surface area contributed by atoms with Gasteiger partial charge in [-0.1, -0.05) is 6.08 Å². The lowest BCUT2D eigenvalue weighted by Gasteiger charge is -2.05. The number of carbonyl (C=O) groups excluding carboxylic acids is 1. The number of hydrazone groups is 1. The third-order valence-electron chi connectivity index (χ3n) is 2.09. The van der Waals surface area contributed by atoms with Gasteiger partial charge >= 0.3 is 5.97 Å². The van der Waals surface area contributed by atoms with E-state index in [4.69, 9.17) is 0 Å². The Hall–Kier alpha value is -2.10. The molecule has 0 radical (unpaired) electrons. The fraction of sp³-hybridized carbons (Fsp3) is 0.0909. The van der Waals surface area contributed by atoms with Crippen LogP contribution in [0.1, 0.15) is 15.9 Å². The van der Waals surface area contributed by atoms with E-state index >= 15 is 0 Å². The van der Waals surface area contributed by atoms with Crippen LogP contribution in [-0.4, -0.2) is 19.3 Å². The molecule has 1 aliphatic rings. The van der Waals surface area contributed by atoms with Crippen LogP contribution in [0, 0.1) is 0 Å². The van der Waals surface area contributed by atoms with Crippen molar-refractivity contribution >= 4 is 23.9 Å². The van der Waals surface area contributed by atoms with Gasteiger partial charge in [-0.2, -0.15) is 5.10 Å². The van der Waals surface area contributed by atoms with E-state index in [-0.39, 0.29) is 5.97 Å². The lowest BCUT2D eigenvalue weighted by Crippen LogP contribution is -2.02. The number of benzene rings is 1. The Kier molecular flexibility index (Phi) is 2.49. The van der Waals surface area contributed by atoms with E-state index in [1.54, 1.807) is 30.5 Å². The van der Waals surface area contributed by atoms with Gasteiger partial charge < -0.3 is 4.74 Å². The molecule has 1 aromatic rings. The molecule has 1 heterocycles. The number of allylic oxidation sites excluding steroid dienone is 1. The van der Waals surface area contributed by atoms with Gasteiger partial charge in [-0.25, -0.2) is 4.79 Å². The highest BCUT2D eigenvalue weighted by Crippen LogP contribution is 2.20. The summed E-state index contributed by atoms with van der Waals surface area (Å²) in [6, 6.07) is 5.26. The molecule has 0 saturated heterocycles. The summed E-state index contributed by atoms with van der Waals surface area (Å²) >= 11 is 0. The zero-order valence-corrected chi connectivity index (χ0v) is 8.23. The molecule has 0 aromatic heterocycles. The van der Waals surface area contributed by atoms with Crippen molar-refractivity contribution in [2.24, 2.45) is 5.10 Å². The van der Waals surface area contributed by atoms with Crippen molar-refractivity contribution in [3.8, 4) is 0 Å². The maximum atomic E-state index is 11.3. The van der Waals surface area contributed by atoms with Crippen molar-refractivity contribution in [2.45, 2.75) is 0 Å². The number of anilines is 1. The van der Waals surface area contributed by atoms with E-state index < -0.39 is 0 Å². The van der Waals surface area contributed by atoms with Crippen LogP contribution in [0.2, 0.25) is 0 Å². The maximum Gasteiger partial charge on any atom is 0.337 e. The van der Waals surface area contributed by atoms with Gasteiger partial charge in [0.15, 0.2) is 0 Å². The fourth-order valence-electron chi connectivity index (χ4n) is 1.34. The highest BCUT2D eigenvalue weighted by atomic mass is 16.5. The van der Waals surface area contributed by atoms with Gasteiger partial charge in [0, 0.05) is 11.8 Å². The monoisotopic (exact) mass is 202 g/mol. The predicted molar refractivity (Wildman–Crippen MR) is 58.9 cm³/mol. The van der Waals surface area contributed by atoms with Gasteiger partial charge in [0.05, 0.1) is 18.4 Å². The SMILES string of the molecule is COC(=O)c1ccc2c(c1)C=CC=NN2. The molecule has 2 rings (SSSR count). The third-order valence-corrected chi connectivity index (χ3v) is 2.09. The molecule has 0 bridgehead atoms. The quantitative estimate of drug-likeness (QED) is 0.707. The second kappa shape index (κ2) is 3.96. The molecule has 1 aliphatic heterocycles. The first-order valence-electron chi connectivity index (χ1n) is 4.49. The van der Waals surface area contributed by atoms with Crippen LogP contribution >= 0.6 is 0 Å². The zero-order chi connectivity index (χ0) is 10.7. The minimum atomic E-state index is -0.337. The number of nitrogens with zero attached hydrogens (tertiary/aromatic N) is 1. The minimum Gasteiger partial charge on any atom is -0.465 e. The molecule has 0 saturated carbocycles. The molecule has 76 valence electrons. The van der Waals surface area contributed by atoms with Crippen LogP contribution in [0.3, 0.4) is 0 Å². The van der Waals surface area contributed by atoms with Crippen LogP contribution in [0.25, 0.3) is 6.08 Å². The largest absolute Gasteiger partial charge is 0.465 e. The van der Waals surface area contributed by atoms with Crippen LogP contribution in [0.4, 0.5) is 5.69 Å². The lowest BCUT2D eigenvalue weighted by atomic mass is 10.1. The predicted octanol–water partition coefficient (Wildman–Crippen LogP) is 1.90. The van der Waals surface area contributed by atoms with E-state index in [9.17, 15) is 4.79 Å². The molecular formula is C11H10N2O2. The maximum absolute atomic E-state index is 11.3. The number of ether oxygens (including phenoxy) is 1. The molecule has 1 aromatic carbocycles. The van der Waals surface area contributed by atoms with E-state index in [1.807, 2.05) is 6.08 Å². The van der Waals surface area contributed by atoms with Gasteiger partial charge in [0.25, 0.3) is 0 Å². The highest BCUT2D eigenvalue weighted by molar-refractivity contribution is 5.92. The minimum absolute atomic E-state index is 0.337. The molecule has 0 unspecified atom stereocenters. The van der Waals surface area contributed by atoms with Gasteiger partial charge in [-0.05, 0) is 24.3 Å². The second-order valence-corrected chi connectivity index (χ2v) is 3.04. The molecule has 0 spiro atoms. The van der Waals surface area contributed by atoms with Crippen LogP contribution in [-0.2, 0) is 4.74 Å². The van der Waals surface area contributed by atoms with Crippen LogP contribution in [0.15, 0.2) is 29.4 Å². The Labute approximate surface area is 87.3 Å². The second-order valence-electron chi connectivity index (χ2n) is 3.04. The topological polar surface area (TPSA) is 50.7 Å². The van der Waals surface area contributed by atoms with Gasteiger partial charge in [0.2, 0.25) is 0 Å². The van der Waals surface area contributed by atoms with E-state index in [0.29, 0.717) is 5.56 Å². The van der Waals surface area contributed by atoms with Crippen LogP contribution < -0.4 is 5.43 Å². The van der Waals surface area contributed by atoms with E-state index in [1.165, 1.54) is 7.11 Å². The smallest absolute Gasteiger partial charge is 0.337 e. The Balaban J connectivity index is 2.42. The number of nitrogens with one attached hydrogen (secondary N) is 1. The van der Waals surface area contributed by atoms with Crippen molar-refractivity contribution in [3.63, 3.8) is 0 Å². The van der Waals surface area contributed by atoms with Crippen molar-refractivity contribution in [3.05, 3.63) is 35.4 Å². The Morgan fingerprint density at radius 1 is 1.47 bits per heavy atom. The standard InChI is InChI=1S/C11H10N2O2/c1-15-11(14)9-4-5-10-8(7-9)3-2-6-12-13-10/h2-7,13H,1H3. The van der Waals surface area contributed by atoms with E-state index in [0.717, 1.165) is 11.3 Å². The summed E-state index contributed by atoms with van der Waals surface area (Å²) in [5.74, 6) is -0.337. The Morgan fingerprint density at radius 2 is 2.33 bits per heavy atom. The van der Waals surface area contributed by atoms with Crippen molar-refractivity contribution in [1.29, 1.82) is 0 Å². The molecular weight excluding hydrogens is 192 g/mol. The molecule has 15 heavy (non-hydrogen) atoms. The fourth-order valence-corrected chi connectivity index (χ4v) is 1.34. The first-order chi connectivity index (χ1) is 7.31. The first-order valence-corrected chi connectivity index (χ1v) is 4.49. The molecule has 4 nitrogen and oxygen atoms in total. The number of methoxy groups -OCH3 is 1. The summed E-state index contributed by atoms with van der Waals surface area (Å²) in [5, 5.41) is 3.93. The van der Waals surface area contributed by atoms with Gasteiger partial charge in [-0.15, -0.1) is 0 Å². The average Bonchev–Trinajstić information content (AvgIpc) is 2.51. The summed E-state index contributed by atoms with van der Waals surface area (Å²) in [4.78, 5) is 11.3. The third kappa shape index (κ3) is 1.88. The number of hydrogen-bond acceptors (Lipinski definition) is 4. The normalized spacial score (nSPS) is 12.6. The van der Waals surface area contributed by atoms with Crippen molar-refractivity contribution < 1.29 is 9.53 Å². The Morgan fingerprint density at radius 3 is 3.13 bits per heavy atom. The molecule has 0 fully saturated rings. The molecule has 1 N–H and O–H groups in total. The number of hydrogen-bond donors (Lipinski definition) is 1. The van der Waals surface area contributed by atoms with Crippen molar-refractivity contribution in [1.82, 2.24) is 0 Å². The van der Waals surface area contributed by atoms with Gasteiger partial charge in [0.1, 0.15) is 0 Å². The number of rotatable bonds is 1. The number of carbonyl (C=O) groups is 1. The van der Waals surface area contributed by atoms with Gasteiger partial charge in [-0.3, -0.25) is 5.43 Å². The molecule has 4 heteroatoms. The number of esters is 1. The summed E-state index contributed by atoms with van der Waals surface area (Å²) in [5.41, 5.74) is 5.18. The first kappa shape index (κ1) is 9.45. The molecule has 0 amide bonds. The van der Waals surface area contributed by atoms with Crippen molar-refractivity contribution in [2.75, 3.05) is 12.5 Å². The lowest BCUT2D eigenvalue weighted by molar-refractivity contribution is 0.0601. The average molecular weight is 202 g/mol. The summed E-state index contributed by atoms with van der Waals surface area (Å²) in [7, 11) is 1.37. The molecule has 0 atom stereocenters. The van der Waals surface area contributed by atoms with Crippen LogP contribution in [0.5, 0.6) is 0 Å². The molecule has 0 aliphatic carbocycles. The highest BCUT2D eigenvalue weighted by Gasteiger charge is 2.08.